The molecule has 2 unspecified atom stereocenters. The summed E-state index contributed by atoms with van der Waals surface area (Å²) in [5, 5.41) is 4.52. The number of aromatic nitrogens is 2. The van der Waals surface area contributed by atoms with Crippen LogP contribution in [0.1, 0.15) is 32.6 Å². The van der Waals surface area contributed by atoms with Crippen LogP contribution >= 0.6 is 0 Å². The number of methoxy groups -OCH3 is 1. The van der Waals surface area contributed by atoms with Crippen LogP contribution in [0.2, 0.25) is 0 Å². The van der Waals surface area contributed by atoms with Crippen molar-refractivity contribution < 1.29 is 9.47 Å². The minimum absolute atomic E-state index is 0.0361. The van der Waals surface area contributed by atoms with Gasteiger partial charge in [-0.1, -0.05) is 6.07 Å². The highest BCUT2D eigenvalue weighted by Gasteiger charge is 2.38. The Bertz CT molecular complexity index is 1260. The van der Waals surface area contributed by atoms with Crippen LogP contribution in [0.25, 0.3) is 10.9 Å². The Balaban J connectivity index is 1.34. The molecule has 5 heterocycles. The molecule has 3 fully saturated rings. The predicted octanol–water partition coefficient (Wildman–Crippen LogP) is 2.44. The molecule has 6 rings (SSSR count). The zero-order valence-electron chi connectivity index (χ0n) is 22.4. The van der Waals surface area contributed by atoms with E-state index < -0.39 is 5.54 Å². The molecule has 1 aromatic carbocycles. The van der Waals surface area contributed by atoms with Crippen LogP contribution < -0.4 is 20.7 Å². The van der Waals surface area contributed by atoms with E-state index in [0.717, 1.165) is 105 Å². The topological polar surface area (TPSA) is 104 Å². The number of nitrogens with one attached hydrogen (secondary N) is 1. The lowest BCUT2D eigenvalue weighted by Crippen LogP contribution is -2.58. The van der Waals surface area contributed by atoms with Gasteiger partial charge in [-0.05, 0) is 50.8 Å². The van der Waals surface area contributed by atoms with E-state index in [1.54, 1.807) is 13.4 Å². The van der Waals surface area contributed by atoms with Crippen molar-refractivity contribution in [2.75, 3.05) is 57.9 Å². The lowest BCUT2D eigenvalue weighted by molar-refractivity contribution is 0.0508. The molecule has 10 nitrogen and oxygen atoms in total. The number of amidine groups is 1. The normalized spacial score (nSPS) is 24.9. The molecule has 2 aromatic rings. The number of nitrogens with zero attached hydrogens (tertiary/aromatic N) is 6. The zero-order chi connectivity index (χ0) is 26.1. The maximum atomic E-state index is 7.19. The first-order valence-electron chi connectivity index (χ1n) is 13.7. The highest BCUT2D eigenvalue weighted by atomic mass is 16.5. The number of nitrogens with two attached hydrogens (primary N) is 1. The molecule has 3 saturated heterocycles. The maximum absolute atomic E-state index is 7.19. The molecule has 4 aliphatic heterocycles. The van der Waals surface area contributed by atoms with Crippen molar-refractivity contribution in [3.63, 3.8) is 0 Å². The van der Waals surface area contributed by atoms with Crippen LogP contribution in [0.4, 0.5) is 5.82 Å². The lowest BCUT2D eigenvalue weighted by atomic mass is 9.85. The first-order valence-corrected chi connectivity index (χ1v) is 13.7. The predicted molar refractivity (Wildman–Crippen MR) is 149 cm³/mol. The molecule has 202 valence electrons. The summed E-state index contributed by atoms with van der Waals surface area (Å²) >= 11 is 0. The van der Waals surface area contributed by atoms with Crippen molar-refractivity contribution in [1.29, 1.82) is 0 Å². The van der Waals surface area contributed by atoms with E-state index in [4.69, 9.17) is 25.2 Å². The second-order valence-electron chi connectivity index (χ2n) is 10.7. The van der Waals surface area contributed by atoms with Gasteiger partial charge in [-0.3, -0.25) is 0 Å². The Morgan fingerprint density at radius 2 is 1.92 bits per heavy atom. The van der Waals surface area contributed by atoms with Crippen LogP contribution in [0.15, 0.2) is 53.3 Å². The number of anilines is 1. The molecular weight excluding hydrogens is 480 g/mol. The number of hydrogen-bond acceptors (Lipinski definition) is 10. The number of benzene rings is 1. The summed E-state index contributed by atoms with van der Waals surface area (Å²) in [5.74, 6) is 4.53. The zero-order valence-corrected chi connectivity index (χ0v) is 22.4. The van der Waals surface area contributed by atoms with Gasteiger partial charge in [0.2, 0.25) is 0 Å². The third-order valence-electron chi connectivity index (χ3n) is 8.05. The van der Waals surface area contributed by atoms with E-state index in [1.165, 1.54) is 6.42 Å². The molecular formula is C28H38N8O2. The van der Waals surface area contributed by atoms with E-state index >= 15 is 0 Å². The highest BCUT2D eigenvalue weighted by molar-refractivity contribution is 5.96. The van der Waals surface area contributed by atoms with Crippen molar-refractivity contribution in [3.8, 4) is 5.75 Å². The lowest BCUT2D eigenvalue weighted by Gasteiger charge is -2.45. The second-order valence-corrected chi connectivity index (χ2v) is 10.7. The third kappa shape index (κ3) is 4.78. The third-order valence-corrected chi connectivity index (χ3v) is 8.05. The number of piperidine rings is 1. The van der Waals surface area contributed by atoms with E-state index in [0.29, 0.717) is 0 Å². The van der Waals surface area contributed by atoms with Gasteiger partial charge in [0.1, 0.15) is 35.4 Å². The van der Waals surface area contributed by atoms with E-state index in [1.807, 2.05) is 18.2 Å². The Hall–Kier alpha value is -3.37. The second kappa shape index (κ2) is 10.4. The number of aliphatic imine (C=N–C) groups is 1. The van der Waals surface area contributed by atoms with Gasteiger partial charge in [0.05, 0.1) is 42.8 Å². The van der Waals surface area contributed by atoms with Crippen LogP contribution in [-0.4, -0.2) is 90.2 Å². The van der Waals surface area contributed by atoms with Crippen LogP contribution in [0.5, 0.6) is 5.75 Å². The Morgan fingerprint density at radius 1 is 1.08 bits per heavy atom. The molecule has 10 heteroatoms. The van der Waals surface area contributed by atoms with Crippen molar-refractivity contribution in [2.24, 2.45) is 10.7 Å². The van der Waals surface area contributed by atoms with Crippen LogP contribution in [0.3, 0.4) is 0 Å². The van der Waals surface area contributed by atoms with Gasteiger partial charge in [0, 0.05) is 38.8 Å². The van der Waals surface area contributed by atoms with Gasteiger partial charge in [-0.2, -0.15) is 0 Å². The summed E-state index contributed by atoms with van der Waals surface area (Å²) in [6.45, 7) is 8.25. The fourth-order valence-electron chi connectivity index (χ4n) is 5.90. The smallest absolute Gasteiger partial charge is 0.143 e. The molecule has 4 aliphatic rings. The monoisotopic (exact) mass is 518 g/mol. The Morgan fingerprint density at radius 3 is 2.68 bits per heavy atom. The Labute approximate surface area is 224 Å². The standard InChI is InChI=1S/C28H38N8O2/c1-28(29,18-23-32-24(34-10-6-11-34)17-25(33-23)35-13-15-38-16-14-35)22-9-3-4-12-36(22)27-26-20(30-19-31-27)7-5-8-21(26)37-2/h5,7-8,17-19,22,33H,3-4,6,9-16,29H2,1-2H3/b23-18-. The highest BCUT2D eigenvalue weighted by Crippen LogP contribution is 2.37. The molecule has 38 heavy (non-hydrogen) atoms. The summed E-state index contributed by atoms with van der Waals surface area (Å²) in [4.78, 5) is 21.3. The summed E-state index contributed by atoms with van der Waals surface area (Å²) in [6.07, 6.45) is 10.3. The van der Waals surface area contributed by atoms with Gasteiger partial charge < -0.3 is 35.2 Å². The summed E-state index contributed by atoms with van der Waals surface area (Å²) < 4.78 is 11.3. The first kappa shape index (κ1) is 24.9. The minimum Gasteiger partial charge on any atom is -0.496 e. The molecule has 0 bridgehead atoms. The van der Waals surface area contributed by atoms with Crippen molar-refractivity contribution in [1.82, 2.24) is 25.1 Å². The van der Waals surface area contributed by atoms with Gasteiger partial charge >= 0.3 is 0 Å². The largest absolute Gasteiger partial charge is 0.496 e. The van der Waals surface area contributed by atoms with Gasteiger partial charge in [-0.25, -0.2) is 15.0 Å². The van der Waals surface area contributed by atoms with Gasteiger partial charge in [-0.15, -0.1) is 0 Å². The maximum Gasteiger partial charge on any atom is 0.143 e. The molecule has 0 amide bonds. The number of hydrogen-bond donors (Lipinski definition) is 2. The number of morpholine rings is 1. The van der Waals surface area contributed by atoms with Crippen molar-refractivity contribution in [2.45, 2.75) is 44.2 Å². The fraction of sp³-hybridized carbons (Fsp3) is 0.536. The quantitative estimate of drug-likeness (QED) is 0.618. The summed E-state index contributed by atoms with van der Waals surface area (Å²) in [5.41, 5.74) is 7.39. The van der Waals surface area contributed by atoms with E-state index in [-0.39, 0.29) is 6.04 Å². The number of likely N-dealkylation sites (tertiary alicyclic amines) is 1. The number of ether oxygens (including phenoxy) is 2. The average Bonchev–Trinajstić information content (AvgIpc) is 2.91. The molecule has 0 saturated carbocycles. The SMILES string of the molecule is COc1cccc2ncnc(N3CCCCC3C(C)(N)/C=C3/N=C(N4CCC4)C=C(N4CCOCC4)N3)c12. The van der Waals surface area contributed by atoms with Crippen LogP contribution in [0, 0.1) is 0 Å². The molecule has 0 radical (unpaired) electrons. The molecule has 0 spiro atoms. The molecule has 0 aliphatic carbocycles. The Kier molecular flexibility index (Phi) is 6.84. The molecule has 3 N–H and O–H groups in total. The van der Waals surface area contributed by atoms with Crippen molar-refractivity contribution >= 4 is 22.6 Å². The fourth-order valence-corrected chi connectivity index (χ4v) is 5.90. The van der Waals surface area contributed by atoms with Gasteiger partial charge in [0.15, 0.2) is 0 Å². The number of fused-ring (bicyclic) bond motifs is 1. The van der Waals surface area contributed by atoms with E-state index in [2.05, 4.69) is 44.1 Å². The van der Waals surface area contributed by atoms with Crippen LogP contribution in [-0.2, 0) is 4.74 Å². The average molecular weight is 519 g/mol. The summed E-state index contributed by atoms with van der Waals surface area (Å²) in [7, 11) is 1.69. The van der Waals surface area contributed by atoms with Crippen molar-refractivity contribution in [3.05, 3.63) is 48.3 Å². The molecule has 2 atom stereocenters. The minimum atomic E-state index is -0.668. The summed E-state index contributed by atoms with van der Waals surface area (Å²) in [6, 6.07) is 5.97. The molecule has 1 aromatic heterocycles. The first-order chi connectivity index (χ1) is 18.5. The van der Waals surface area contributed by atoms with E-state index in [9.17, 15) is 0 Å². The number of rotatable bonds is 5. The van der Waals surface area contributed by atoms with Gasteiger partial charge in [0.25, 0.3) is 0 Å².